The Balaban J connectivity index is 4.20. The van der Waals surface area contributed by atoms with Crippen LogP contribution in [0, 0.1) is 0 Å². The zero-order valence-corrected chi connectivity index (χ0v) is 10.3. The van der Waals surface area contributed by atoms with Crippen LogP contribution in [0.15, 0.2) is 0 Å². The SMILES string of the molecule is CC(C)(C)OC(=O)NC(C)(C)C(N)S. The van der Waals surface area contributed by atoms with Gasteiger partial charge in [-0.3, -0.25) is 0 Å². The maximum absolute atomic E-state index is 11.4. The lowest BCUT2D eigenvalue weighted by Gasteiger charge is -2.30. The molecule has 0 saturated heterocycles. The van der Waals surface area contributed by atoms with Crippen molar-refractivity contribution in [3.63, 3.8) is 0 Å². The predicted octanol–water partition coefficient (Wildman–Crippen LogP) is 1.50. The molecule has 0 heterocycles. The molecule has 0 aromatic heterocycles. The number of alkyl carbamates (subject to hydrolysis) is 1. The molecule has 0 spiro atoms. The number of ether oxygens (including phenoxy) is 1. The number of nitrogens with two attached hydrogens (primary N) is 1. The summed E-state index contributed by atoms with van der Waals surface area (Å²) in [6.45, 7) is 8.99. The van der Waals surface area contributed by atoms with Crippen LogP contribution in [-0.2, 0) is 4.74 Å². The van der Waals surface area contributed by atoms with Gasteiger partial charge in [0.2, 0.25) is 0 Å². The van der Waals surface area contributed by atoms with Crippen LogP contribution in [0.3, 0.4) is 0 Å². The number of rotatable bonds is 2. The molecule has 1 atom stereocenters. The summed E-state index contributed by atoms with van der Waals surface area (Å²) in [7, 11) is 0. The van der Waals surface area contributed by atoms with Crippen molar-refractivity contribution < 1.29 is 9.53 Å². The van der Waals surface area contributed by atoms with Crippen LogP contribution in [0.1, 0.15) is 34.6 Å². The van der Waals surface area contributed by atoms with Gasteiger partial charge in [0.1, 0.15) is 5.60 Å². The summed E-state index contributed by atoms with van der Waals surface area (Å²) in [4.78, 5) is 11.4. The van der Waals surface area contributed by atoms with E-state index in [0.717, 1.165) is 0 Å². The Hall–Kier alpha value is -0.420. The zero-order valence-electron chi connectivity index (χ0n) is 9.42. The van der Waals surface area contributed by atoms with Crippen molar-refractivity contribution >= 4 is 18.7 Å². The van der Waals surface area contributed by atoms with Gasteiger partial charge >= 0.3 is 6.09 Å². The highest BCUT2D eigenvalue weighted by atomic mass is 32.1. The maximum atomic E-state index is 11.4. The highest BCUT2D eigenvalue weighted by Gasteiger charge is 2.28. The second-order valence-corrected chi connectivity index (χ2v) is 5.35. The maximum Gasteiger partial charge on any atom is 0.408 e. The van der Waals surface area contributed by atoms with Crippen LogP contribution in [0.25, 0.3) is 0 Å². The summed E-state index contributed by atoms with van der Waals surface area (Å²) in [5, 5.41) is 2.21. The van der Waals surface area contributed by atoms with Gasteiger partial charge in [-0.15, -0.1) is 0 Å². The molecule has 1 unspecified atom stereocenters. The van der Waals surface area contributed by atoms with Crippen LogP contribution in [-0.4, -0.2) is 22.6 Å². The van der Waals surface area contributed by atoms with E-state index in [4.69, 9.17) is 10.5 Å². The lowest BCUT2D eigenvalue weighted by molar-refractivity contribution is 0.0471. The first kappa shape index (κ1) is 13.6. The molecule has 3 N–H and O–H groups in total. The molecule has 84 valence electrons. The van der Waals surface area contributed by atoms with Crippen molar-refractivity contribution in [1.29, 1.82) is 0 Å². The molecule has 0 aliphatic rings. The number of thiol groups is 1. The van der Waals surface area contributed by atoms with Crippen LogP contribution in [0.2, 0.25) is 0 Å². The summed E-state index contributed by atoms with van der Waals surface area (Å²) in [5.74, 6) is 0. The number of hydrogen-bond donors (Lipinski definition) is 3. The van der Waals surface area contributed by atoms with E-state index in [0.29, 0.717) is 0 Å². The second-order valence-electron chi connectivity index (χ2n) is 4.79. The van der Waals surface area contributed by atoms with Gasteiger partial charge < -0.3 is 15.8 Å². The minimum atomic E-state index is -0.592. The average Bonchev–Trinajstić information content (AvgIpc) is 1.79. The van der Waals surface area contributed by atoms with Gasteiger partial charge in [-0.2, -0.15) is 12.6 Å². The van der Waals surface area contributed by atoms with Gasteiger partial charge in [0.25, 0.3) is 0 Å². The lowest BCUT2D eigenvalue weighted by Crippen LogP contribution is -2.54. The normalized spacial score (nSPS) is 14.8. The van der Waals surface area contributed by atoms with Crippen LogP contribution >= 0.6 is 12.6 Å². The molecule has 0 aliphatic heterocycles. The van der Waals surface area contributed by atoms with E-state index in [1.165, 1.54) is 0 Å². The lowest BCUT2D eigenvalue weighted by atomic mass is 10.1. The third-order valence-electron chi connectivity index (χ3n) is 1.56. The number of carbonyl (C=O) groups is 1. The Bertz CT molecular complexity index is 209. The first-order chi connectivity index (χ1) is 6.04. The molecule has 0 aliphatic carbocycles. The number of amides is 1. The van der Waals surface area contributed by atoms with Gasteiger partial charge in [-0.25, -0.2) is 4.79 Å². The van der Waals surface area contributed by atoms with E-state index >= 15 is 0 Å². The molecular weight excluding hydrogens is 200 g/mol. The molecule has 0 saturated carbocycles. The molecule has 0 bridgehead atoms. The third kappa shape index (κ3) is 5.34. The highest BCUT2D eigenvalue weighted by Crippen LogP contribution is 2.12. The first-order valence-corrected chi connectivity index (χ1v) is 5.01. The van der Waals surface area contributed by atoms with Gasteiger partial charge in [0.05, 0.1) is 10.9 Å². The van der Waals surface area contributed by atoms with E-state index in [-0.39, 0.29) is 0 Å². The number of carbonyl (C=O) groups excluding carboxylic acids is 1. The molecule has 0 fully saturated rings. The number of hydrogen-bond acceptors (Lipinski definition) is 4. The molecule has 4 nitrogen and oxygen atoms in total. The van der Waals surface area contributed by atoms with Crippen molar-refractivity contribution in [2.75, 3.05) is 0 Å². The van der Waals surface area contributed by atoms with Gasteiger partial charge in [0, 0.05) is 0 Å². The Morgan fingerprint density at radius 1 is 1.36 bits per heavy atom. The van der Waals surface area contributed by atoms with Crippen molar-refractivity contribution in [3.05, 3.63) is 0 Å². The predicted molar refractivity (Wildman–Crippen MR) is 60.4 cm³/mol. The monoisotopic (exact) mass is 220 g/mol. The molecule has 14 heavy (non-hydrogen) atoms. The Kier molecular flexibility index (Phi) is 4.27. The fourth-order valence-electron chi connectivity index (χ4n) is 0.641. The fraction of sp³-hybridized carbons (Fsp3) is 0.889. The van der Waals surface area contributed by atoms with E-state index < -0.39 is 22.6 Å². The highest BCUT2D eigenvalue weighted by molar-refractivity contribution is 7.81. The quantitative estimate of drug-likeness (QED) is 0.488. The van der Waals surface area contributed by atoms with Crippen molar-refractivity contribution in [3.8, 4) is 0 Å². The average molecular weight is 220 g/mol. The molecule has 1 amide bonds. The second kappa shape index (κ2) is 4.40. The topological polar surface area (TPSA) is 64.3 Å². The van der Waals surface area contributed by atoms with Crippen molar-refractivity contribution in [2.45, 2.75) is 51.1 Å². The molecule has 0 rings (SSSR count). The smallest absolute Gasteiger partial charge is 0.408 e. The molecule has 0 aromatic carbocycles. The Morgan fingerprint density at radius 2 is 1.79 bits per heavy atom. The zero-order chi connectivity index (χ0) is 11.6. The summed E-state index contributed by atoms with van der Waals surface area (Å²) in [6.07, 6.45) is -0.480. The molecule has 5 heteroatoms. The summed E-state index contributed by atoms with van der Waals surface area (Å²) in [5.41, 5.74) is 4.49. The largest absolute Gasteiger partial charge is 0.444 e. The summed E-state index contributed by atoms with van der Waals surface area (Å²) in [6, 6.07) is 0. The van der Waals surface area contributed by atoms with Gasteiger partial charge in [0.15, 0.2) is 0 Å². The first-order valence-electron chi connectivity index (χ1n) is 4.49. The fourth-order valence-corrected chi connectivity index (χ4v) is 0.705. The summed E-state index contributed by atoms with van der Waals surface area (Å²) < 4.78 is 5.08. The van der Waals surface area contributed by atoms with Gasteiger partial charge in [-0.05, 0) is 34.6 Å². The van der Waals surface area contributed by atoms with E-state index in [2.05, 4.69) is 17.9 Å². The Labute approximate surface area is 91.0 Å². The molecule has 0 aromatic rings. The van der Waals surface area contributed by atoms with Crippen LogP contribution in [0.4, 0.5) is 4.79 Å². The van der Waals surface area contributed by atoms with Crippen LogP contribution in [0.5, 0.6) is 0 Å². The Morgan fingerprint density at radius 3 is 2.07 bits per heavy atom. The van der Waals surface area contributed by atoms with Gasteiger partial charge in [-0.1, -0.05) is 0 Å². The summed E-state index contributed by atoms with van der Waals surface area (Å²) >= 11 is 4.07. The molecular formula is C9H20N2O2S. The van der Waals surface area contributed by atoms with Crippen molar-refractivity contribution in [2.24, 2.45) is 5.73 Å². The standard InChI is InChI=1S/C9H20N2O2S/c1-8(2,3)13-7(12)11-9(4,5)6(10)14/h6,14H,10H2,1-5H3,(H,11,12). The van der Waals surface area contributed by atoms with E-state index in [1.54, 1.807) is 34.6 Å². The van der Waals surface area contributed by atoms with E-state index in [1.807, 2.05) is 0 Å². The molecule has 0 radical (unpaired) electrons. The third-order valence-corrected chi connectivity index (χ3v) is 2.21. The minimum Gasteiger partial charge on any atom is -0.444 e. The minimum absolute atomic E-state index is 0.435. The van der Waals surface area contributed by atoms with Crippen LogP contribution < -0.4 is 11.1 Å². The van der Waals surface area contributed by atoms with E-state index in [9.17, 15) is 4.79 Å². The van der Waals surface area contributed by atoms with Crippen molar-refractivity contribution in [1.82, 2.24) is 5.32 Å². The number of nitrogens with one attached hydrogen (secondary N) is 1.